The Hall–Kier alpha value is -0.210. The van der Waals surface area contributed by atoms with Crippen LogP contribution in [0.15, 0.2) is 0 Å². The molecule has 2 saturated carbocycles. The van der Waals surface area contributed by atoms with Gasteiger partial charge in [-0.15, -0.1) is 0 Å². The van der Waals surface area contributed by atoms with Gasteiger partial charge in [-0.3, -0.25) is 13.6 Å². The van der Waals surface area contributed by atoms with E-state index in [1.54, 1.807) is 0 Å². The highest BCUT2D eigenvalue weighted by Crippen LogP contribution is 2.62. The molecule has 0 radical (unpaired) electrons. The summed E-state index contributed by atoms with van der Waals surface area (Å²) in [6.07, 6.45) is 7.53. The molecule has 10 aliphatic rings. The van der Waals surface area contributed by atoms with Crippen molar-refractivity contribution in [2.75, 3.05) is 20.3 Å². The van der Waals surface area contributed by atoms with Gasteiger partial charge in [-0.25, -0.2) is 24.1 Å². The number of hydrogen-bond donors (Lipinski definition) is 0. The number of hydrogen-bond acceptors (Lipinski definition) is 12. The molecule has 0 aromatic rings. The molecule has 13 heteroatoms. The molecule has 10 fully saturated rings. The van der Waals surface area contributed by atoms with Crippen LogP contribution in [-0.2, 0) is 56.6 Å². The molecule has 2 spiro atoms. The maximum atomic E-state index is 13.6. The maximum absolute atomic E-state index is 13.6. The van der Waals surface area contributed by atoms with E-state index in [1.807, 2.05) is 13.8 Å². The van der Waals surface area contributed by atoms with Crippen LogP contribution in [0.5, 0.6) is 0 Å². The molecule has 10 rings (SSSR count). The van der Waals surface area contributed by atoms with E-state index in [4.69, 9.17) is 52.1 Å². The third-order valence-corrected chi connectivity index (χ3v) is 15.6. The molecular formula is C35H57O12P. The Balaban J connectivity index is 0.882. The van der Waals surface area contributed by atoms with Crippen molar-refractivity contribution in [3.05, 3.63) is 0 Å². The van der Waals surface area contributed by atoms with Gasteiger partial charge in [-0.05, 0) is 101 Å². The predicted molar refractivity (Wildman–Crippen MR) is 169 cm³/mol. The topological polar surface area (TPSA) is 119 Å². The summed E-state index contributed by atoms with van der Waals surface area (Å²) in [6.45, 7) is 13.2. The van der Waals surface area contributed by atoms with E-state index in [-0.39, 0.29) is 49.1 Å². The van der Waals surface area contributed by atoms with E-state index >= 15 is 0 Å². The SMILES string of the molecule is COP(=O)(OCC[C@H]1O[C@@H]2O[C@@]3(C)CC[C@H]4[C@H](C)CC[C@@H]([C@H]1C)[C@@]24OO3)OCC[C@H]1O[C@@H]2O[C@@]3(C)CC[C@H]4[C@H](C)CC[C@@H]([C@H]1C)[C@@]24OO3. The zero-order valence-electron chi connectivity index (χ0n) is 29.8. The van der Waals surface area contributed by atoms with Crippen molar-refractivity contribution in [3.63, 3.8) is 0 Å². The first-order valence-corrected chi connectivity index (χ1v) is 20.2. The van der Waals surface area contributed by atoms with E-state index < -0.39 is 43.2 Å². The minimum Gasteiger partial charge on any atom is -0.346 e. The van der Waals surface area contributed by atoms with Crippen LogP contribution in [0.25, 0.3) is 0 Å². The van der Waals surface area contributed by atoms with Gasteiger partial charge < -0.3 is 18.9 Å². The molecule has 0 aromatic heterocycles. The predicted octanol–water partition coefficient (Wildman–Crippen LogP) is 7.06. The second-order valence-corrected chi connectivity index (χ2v) is 18.5. The van der Waals surface area contributed by atoms with E-state index in [1.165, 1.54) is 7.11 Å². The number of fused-ring (bicyclic) bond motifs is 4. The fourth-order valence-electron chi connectivity index (χ4n) is 11.3. The second-order valence-electron chi connectivity index (χ2n) is 16.8. The summed E-state index contributed by atoms with van der Waals surface area (Å²) in [5.74, 6) is 0.775. The fraction of sp³-hybridized carbons (Fsp3) is 1.00. The lowest BCUT2D eigenvalue weighted by atomic mass is 9.57. The Morgan fingerprint density at radius 3 is 1.48 bits per heavy atom. The molecule has 0 amide bonds. The summed E-state index contributed by atoms with van der Waals surface area (Å²) in [5.41, 5.74) is -1.22. The molecule has 274 valence electrons. The second kappa shape index (κ2) is 12.4. The summed E-state index contributed by atoms with van der Waals surface area (Å²) in [7, 11) is -2.45. The van der Waals surface area contributed by atoms with Crippen molar-refractivity contribution in [2.45, 2.75) is 153 Å². The minimum atomic E-state index is -3.81. The van der Waals surface area contributed by atoms with Gasteiger partial charge in [0.05, 0.1) is 25.4 Å². The molecule has 8 saturated heterocycles. The van der Waals surface area contributed by atoms with Crippen LogP contribution >= 0.6 is 7.82 Å². The summed E-state index contributed by atoms with van der Waals surface area (Å²) in [4.78, 5) is 24.4. The molecule has 2 aliphatic carbocycles. The first kappa shape index (κ1) is 34.9. The van der Waals surface area contributed by atoms with Gasteiger partial charge in [-0.1, -0.05) is 27.7 Å². The fourth-order valence-corrected chi connectivity index (χ4v) is 12.3. The van der Waals surface area contributed by atoms with Crippen molar-refractivity contribution >= 4 is 7.82 Å². The Kier molecular flexibility index (Phi) is 9.04. The average Bonchev–Trinajstić information content (AvgIpc) is 3.43. The number of phosphoric acid groups is 1. The van der Waals surface area contributed by atoms with Gasteiger partial charge in [0.2, 0.25) is 11.6 Å². The van der Waals surface area contributed by atoms with Crippen LogP contribution in [-0.4, -0.2) is 67.9 Å². The summed E-state index contributed by atoms with van der Waals surface area (Å²) in [6, 6.07) is 0. The van der Waals surface area contributed by atoms with Gasteiger partial charge in [-0.2, -0.15) is 0 Å². The van der Waals surface area contributed by atoms with Crippen LogP contribution in [0.1, 0.15) is 106 Å². The first-order valence-electron chi connectivity index (χ1n) is 18.7. The monoisotopic (exact) mass is 700 g/mol. The van der Waals surface area contributed by atoms with Crippen LogP contribution in [0.3, 0.4) is 0 Å². The lowest BCUT2D eigenvalue weighted by Crippen LogP contribution is -2.70. The molecule has 0 N–H and O–H groups in total. The highest BCUT2D eigenvalue weighted by molar-refractivity contribution is 7.48. The zero-order chi connectivity index (χ0) is 33.7. The van der Waals surface area contributed by atoms with E-state index in [2.05, 4.69) is 27.7 Å². The minimum absolute atomic E-state index is 0.160. The normalized spacial score (nSPS) is 54.2. The molecule has 16 atom stereocenters. The zero-order valence-corrected chi connectivity index (χ0v) is 30.7. The molecule has 8 heterocycles. The average molecular weight is 701 g/mol. The number of rotatable bonds is 9. The van der Waals surface area contributed by atoms with Gasteiger partial charge in [0.15, 0.2) is 23.8 Å². The Morgan fingerprint density at radius 1 is 0.625 bits per heavy atom. The molecule has 8 aliphatic heterocycles. The van der Waals surface area contributed by atoms with Gasteiger partial charge in [0.25, 0.3) is 0 Å². The van der Waals surface area contributed by atoms with Gasteiger partial charge in [0, 0.05) is 31.8 Å². The first-order chi connectivity index (χ1) is 22.9. The highest BCUT2D eigenvalue weighted by atomic mass is 31.2. The van der Waals surface area contributed by atoms with E-state index in [0.29, 0.717) is 36.5 Å². The highest BCUT2D eigenvalue weighted by Gasteiger charge is 2.70. The van der Waals surface area contributed by atoms with Crippen LogP contribution in [0.4, 0.5) is 0 Å². The van der Waals surface area contributed by atoms with Gasteiger partial charge in [0.1, 0.15) is 0 Å². The van der Waals surface area contributed by atoms with Crippen molar-refractivity contribution in [2.24, 2.45) is 47.3 Å². The summed E-state index contributed by atoms with van der Waals surface area (Å²) >= 11 is 0. The van der Waals surface area contributed by atoms with Crippen molar-refractivity contribution < 1.29 is 56.6 Å². The Morgan fingerprint density at radius 2 is 1.06 bits per heavy atom. The van der Waals surface area contributed by atoms with Crippen LogP contribution in [0.2, 0.25) is 0 Å². The maximum Gasteiger partial charge on any atom is 0.474 e. The quantitative estimate of drug-likeness (QED) is 0.181. The summed E-state index contributed by atoms with van der Waals surface area (Å²) in [5, 5.41) is 0. The molecular weight excluding hydrogens is 643 g/mol. The Labute approximate surface area is 285 Å². The van der Waals surface area contributed by atoms with Crippen molar-refractivity contribution in [1.29, 1.82) is 0 Å². The number of ether oxygens (including phenoxy) is 4. The standard InChI is InChI=1S/C35H57O12P/c1-20-8-10-26-22(3)28(40-30-34(26)24(20)12-16-32(5,42-30)44-46-34)14-18-38-48(36,37-7)39-19-15-29-23(4)27-11-9-21(2)25-13-17-33(6)43-31(41-29)35(25,27)47-45-33/h20-31H,8-19H2,1-7H3/t20-,21-,22-,23-,24+,25+,26+,27+,28-,29-,30-,31-,32-,33-,34-,35-/m1/s1. The van der Waals surface area contributed by atoms with E-state index in [0.717, 1.165) is 51.4 Å². The smallest absolute Gasteiger partial charge is 0.346 e. The Bertz CT molecular complexity index is 1170. The lowest BCUT2D eigenvalue weighted by molar-refractivity contribution is -0.571. The largest absolute Gasteiger partial charge is 0.474 e. The van der Waals surface area contributed by atoms with Crippen LogP contribution in [0, 0.1) is 47.3 Å². The van der Waals surface area contributed by atoms with Crippen LogP contribution < -0.4 is 0 Å². The third-order valence-electron chi connectivity index (χ3n) is 14.1. The molecule has 48 heavy (non-hydrogen) atoms. The third kappa shape index (κ3) is 5.37. The molecule has 4 bridgehead atoms. The molecule has 0 unspecified atom stereocenters. The summed E-state index contributed by atoms with van der Waals surface area (Å²) < 4.78 is 57.0. The molecule has 12 nitrogen and oxygen atoms in total. The molecule has 0 aromatic carbocycles. The van der Waals surface area contributed by atoms with Gasteiger partial charge >= 0.3 is 7.82 Å². The lowest BCUT2D eigenvalue weighted by Gasteiger charge is -2.60. The van der Waals surface area contributed by atoms with E-state index in [9.17, 15) is 4.57 Å². The number of phosphoric ester groups is 1. The van der Waals surface area contributed by atoms with Crippen molar-refractivity contribution in [3.8, 4) is 0 Å². The van der Waals surface area contributed by atoms with Crippen molar-refractivity contribution in [1.82, 2.24) is 0 Å².